The molecule has 1 aromatic carbocycles. The van der Waals surface area contributed by atoms with Gasteiger partial charge in [-0.05, 0) is 72.3 Å². The first-order valence-electron chi connectivity index (χ1n) is 9.06. The van der Waals surface area contributed by atoms with Crippen molar-refractivity contribution in [2.24, 2.45) is 0 Å². The van der Waals surface area contributed by atoms with Gasteiger partial charge in [0, 0.05) is 28.7 Å². The number of Topliss-reactive ketones (excluding diaryl/α,β-unsaturated/α-hetero) is 1. The van der Waals surface area contributed by atoms with Crippen LogP contribution in [-0.2, 0) is 15.7 Å². The third kappa shape index (κ3) is 5.35. The molecule has 3 aromatic rings. The number of nitrogens with zero attached hydrogens (tertiary/aromatic N) is 1. The molecule has 0 bridgehead atoms. The number of furan rings is 1. The van der Waals surface area contributed by atoms with Crippen LogP contribution in [0.5, 0.6) is 0 Å². The van der Waals surface area contributed by atoms with Crippen molar-refractivity contribution in [2.45, 2.75) is 20.0 Å². The Bertz CT molecular complexity index is 1160. The Hall–Kier alpha value is -3.07. The minimum absolute atomic E-state index is 0.265. The highest BCUT2D eigenvalue weighted by Crippen LogP contribution is 2.31. The number of hydrogen-bond acceptors (Lipinski definition) is 4. The summed E-state index contributed by atoms with van der Waals surface area (Å²) in [4.78, 5) is 24.4. The number of aryl methyl sites for hydroxylation is 1. The number of alkyl halides is 3. The van der Waals surface area contributed by atoms with Crippen LogP contribution >= 0.6 is 15.9 Å². The largest absolute Gasteiger partial charge is 0.454 e. The van der Waals surface area contributed by atoms with E-state index in [0.29, 0.717) is 21.8 Å². The van der Waals surface area contributed by atoms with Crippen LogP contribution in [-0.4, -0.2) is 22.9 Å². The van der Waals surface area contributed by atoms with Crippen LogP contribution in [0.1, 0.15) is 33.1 Å². The van der Waals surface area contributed by atoms with Crippen LogP contribution in [0.4, 0.5) is 13.2 Å². The average molecular weight is 496 g/mol. The van der Waals surface area contributed by atoms with Crippen LogP contribution in [0.3, 0.4) is 0 Å². The Kier molecular flexibility index (Phi) is 6.54. The summed E-state index contributed by atoms with van der Waals surface area (Å²) in [6.45, 7) is 2.80. The molecule has 0 N–H and O–H groups in total. The van der Waals surface area contributed by atoms with Gasteiger partial charge in [-0.15, -0.1) is 0 Å². The monoisotopic (exact) mass is 495 g/mol. The van der Waals surface area contributed by atoms with Crippen molar-refractivity contribution in [3.8, 4) is 5.69 Å². The van der Waals surface area contributed by atoms with Crippen LogP contribution in [0.25, 0.3) is 11.8 Å². The number of aromatic nitrogens is 1. The van der Waals surface area contributed by atoms with E-state index in [1.165, 1.54) is 18.2 Å². The second-order valence-corrected chi connectivity index (χ2v) is 7.46. The predicted octanol–water partition coefficient (Wildman–Crippen LogP) is 5.91. The maximum Gasteiger partial charge on any atom is 0.416 e. The van der Waals surface area contributed by atoms with Crippen molar-refractivity contribution in [1.82, 2.24) is 4.57 Å². The van der Waals surface area contributed by atoms with E-state index in [1.54, 1.807) is 36.6 Å². The summed E-state index contributed by atoms with van der Waals surface area (Å²) in [6.07, 6.45) is -1.95. The highest BCUT2D eigenvalue weighted by atomic mass is 79.9. The molecular weight excluding hydrogens is 479 g/mol. The van der Waals surface area contributed by atoms with E-state index in [0.717, 1.165) is 18.2 Å². The van der Waals surface area contributed by atoms with Crippen molar-refractivity contribution in [1.29, 1.82) is 0 Å². The highest BCUT2D eigenvalue weighted by Gasteiger charge is 2.30. The zero-order valence-electron chi connectivity index (χ0n) is 16.5. The van der Waals surface area contributed by atoms with Gasteiger partial charge in [-0.1, -0.05) is 6.07 Å². The molecule has 0 aliphatic rings. The molecule has 31 heavy (non-hydrogen) atoms. The lowest BCUT2D eigenvalue weighted by atomic mass is 10.1. The summed E-state index contributed by atoms with van der Waals surface area (Å²) in [5, 5.41) is 0. The molecule has 9 heteroatoms. The lowest BCUT2D eigenvalue weighted by Gasteiger charge is -2.13. The molecule has 0 amide bonds. The highest BCUT2D eigenvalue weighted by molar-refractivity contribution is 9.10. The quantitative estimate of drug-likeness (QED) is 0.242. The topological polar surface area (TPSA) is 61.4 Å². The van der Waals surface area contributed by atoms with Crippen molar-refractivity contribution in [2.75, 3.05) is 6.61 Å². The summed E-state index contributed by atoms with van der Waals surface area (Å²) >= 11 is 3.14. The molecular formula is C22H17BrF3NO4. The van der Waals surface area contributed by atoms with E-state index in [9.17, 15) is 22.8 Å². The van der Waals surface area contributed by atoms with Gasteiger partial charge in [0.2, 0.25) is 5.78 Å². The molecule has 162 valence electrons. The van der Waals surface area contributed by atoms with Gasteiger partial charge in [-0.3, -0.25) is 4.79 Å². The van der Waals surface area contributed by atoms with Crippen molar-refractivity contribution in [3.05, 3.63) is 81.5 Å². The molecule has 3 rings (SSSR count). The van der Waals surface area contributed by atoms with Crippen molar-refractivity contribution >= 4 is 33.8 Å². The summed E-state index contributed by atoms with van der Waals surface area (Å²) < 4.78 is 51.4. The molecule has 2 aromatic heterocycles. The first-order chi connectivity index (χ1) is 14.6. The summed E-state index contributed by atoms with van der Waals surface area (Å²) in [6, 6.07) is 9.70. The second-order valence-electron chi connectivity index (χ2n) is 6.67. The Balaban J connectivity index is 1.73. The van der Waals surface area contributed by atoms with E-state index >= 15 is 0 Å². The van der Waals surface area contributed by atoms with Gasteiger partial charge in [-0.2, -0.15) is 13.2 Å². The Morgan fingerprint density at radius 2 is 1.90 bits per heavy atom. The molecule has 0 saturated carbocycles. The average Bonchev–Trinajstić information content (AvgIpc) is 3.26. The molecule has 0 atom stereocenters. The van der Waals surface area contributed by atoms with Gasteiger partial charge < -0.3 is 13.7 Å². The third-order valence-corrected chi connectivity index (χ3v) is 4.91. The maximum absolute atomic E-state index is 13.0. The fourth-order valence-corrected chi connectivity index (χ4v) is 3.41. The van der Waals surface area contributed by atoms with Gasteiger partial charge in [0.1, 0.15) is 5.76 Å². The van der Waals surface area contributed by atoms with Gasteiger partial charge in [0.05, 0.1) is 5.56 Å². The molecule has 0 spiro atoms. The van der Waals surface area contributed by atoms with Gasteiger partial charge in [-0.25, -0.2) is 4.79 Å². The number of rotatable bonds is 6. The van der Waals surface area contributed by atoms with E-state index in [-0.39, 0.29) is 11.3 Å². The summed E-state index contributed by atoms with van der Waals surface area (Å²) in [5.74, 6) is -0.763. The van der Waals surface area contributed by atoms with E-state index < -0.39 is 30.1 Å². The van der Waals surface area contributed by atoms with Crippen molar-refractivity contribution < 1.29 is 31.9 Å². The van der Waals surface area contributed by atoms with Crippen molar-refractivity contribution in [3.63, 3.8) is 0 Å². The Morgan fingerprint density at radius 1 is 1.16 bits per heavy atom. The number of halogens is 4. The molecule has 0 aliphatic heterocycles. The number of carbonyl (C=O) groups excluding carboxylic acids is 2. The molecule has 0 fully saturated rings. The Morgan fingerprint density at radius 3 is 2.55 bits per heavy atom. The van der Waals surface area contributed by atoms with E-state index in [4.69, 9.17) is 9.15 Å². The van der Waals surface area contributed by atoms with E-state index in [1.807, 2.05) is 0 Å². The second kappa shape index (κ2) is 8.97. The predicted molar refractivity (Wildman–Crippen MR) is 111 cm³/mol. The number of esters is 1. The molecule has 2 heterocycles. The molecule has 5 nitrogen and oxygen atoms in total. The minimum Gasteiger partial charge on any atom is -0.454 e. The van der Waals surface area contributed by atoms with Gasteiger partial charge in [0.25, 0.3) is 0 Å². The Labute approximate surface area is 184 Å². The van der Waals surface area contributed by atoms with Crippen LogP contribution in [0, 0.1) is 13.8 Å². The summed E-state index contributed by atoms with van der Waals surface area (Å²) in [7, 11) is 0. The van der Waals surface area contributed by atoms with Crippen LogP contribution in [0.15, 0.2) is 57.6 Å². The first-order valence-corrected chi connectivity index (χ1v) is 9.85. The van der Waals surface area contributed by atoms with Gasteiger partial charge in [0.15, 0.2) is 11.3 Å². The number of ether oxygens (including phenoxy) is 1. The molecule has 0 radical (unpaired) electrons. The van der Waals surface area contributed by atoms with Gasteiger partial charge >= 0.3 is 12.1 Å². The molecule has 0 unspecified atom stereocenters. The number of hydrogen-bond donors (Lipinski definition) is 0. The fourth-order valence-electron chi connectivity index (χ4n) is 3.09. The number of carbonyl (C=O) groups is 2. The maximum atomic E-state index is 13.0. The molecule has 0 saturated heterocycles. The summed E-state index contributed by atoms with van der Waals surface area (Å²) in [5.41, 5.74) is 0.799. The zero-order valence-corrected chi connectivity index (χ0v) is 18.1. The van der Waals surface area contributed by atoms with Crippen LogP contribution < -0.4 is 0 Å². The smallest absolute Gasteiger partial charge is 0.416 e. The molecule has 0 aliphatic carbocycles. The number of ketones is 1. The zero-order chi connectivity index (χ0) is 22.8. The fraction of sp³-hybridized carbons (Fsp3) is 0.182. The lowest BCUT2D eigenvalue weighted by Crippen LogP contribution is -2.13. The van der Waals surface area contributed by atoms with E-state index in [2.05, 4.69) is 15.9 Å². The normalized spacial score (nSPS) is 11.8. The lowest BCUT2D eigenvalue weighted by molar-refractivity contribution is -0.138. The standard InChI is InChI=1S/C22H17BrF3NO4/c1-13-10-18(14(2)27(13)16-5-3-4-15(11-16)22(24,25)26)19(28)12-30-21(29)9-7-17-6-8-20(23)31-17/h3-11H,12H2,1-2H3. The third-order valence-electron chi connectivity index (χ3n) is 4.49. The number of benzene rings is 1. The minimum atomic E-state index is -4.48. The van der Waals surface area contributed by atoms with Crippen LogP contribution in [0.2, 0.25) is 0 Å². The SMILES string of the molecule is Cc1cc(C(=O)COC(=O)C=Cc2ccc(Br)o2)c(C)n1-c1cccc(C(F)(F)F)c1. The first kappa shape index (κ1) is 22.6.